The van der Waals surface area contributed by atoms with Crippen molar-refractivity contribution in [3.8, 4) is 5.75 Å². The average Bonchev–Trinajstić information content (AvgIpc) is 2.26. The Hall–Kier alpha value is -1.06. The first-order valence-electron chi connectivity index (χ1n) is 5.67. The van der Waals surface area contributed by atoms with E-state index in [4.69, 9.17) is 16.5 Å². The van der Waals surface area contributed by atoms with Gasteiger partial charge in [-0.15, -0.1) is 0 Å². The van der Waals surface area contributed by atoms with Crippen molar-refractivity contribution < 1.29 is 4.84 Å². The van der Waals surface area contributed by atoms with Gasteiger partial charge in [0.1, 0.15) is 0 Å². The van der Waals surface area contributed by atoms with Gasteiger partial charge in [0.05, 0.1) is 0 Å². The quantitative estimate of drug-likeness (QED) is 0.773. The van der Waals surface area contributed by atoms with E-state index in [1.54, 1.807) is 0 Å². The molecule has 0 saturated carbocycles. The largest absolute Gasteiger partial charge is 0.411 e. The van der Waals surface area contributed by atoms with Gasteiger partial charge in [-0.1, -0.05) is 39.8 Å². The zero-order chi connectivity index (χ0) is 12.3. The van der Waals surface area contributed by atoms with Gasteiger partial charge in [-0.25, -0.2) is 0 Å². The van der Waals surface area contributed by atoms with Crippen LogP contribution in [-0.2, 0) is 5.41 Å². The van der Waals surface area contributed by atoms with E-state index in [9.17, 15) is 0 Å². The second-order valence-electron chi connectivity index (χ2n) is 5.14. The van der Waals surface area contributed by atoms with Crippen LogP contribution in [0.4, 0.5) is 0 Å². The van der Waals surface area contributed by atoms with Crippen LogP contribution in [-0.4, -0.2) is 0 Å². The first-order valence-corrected chi connectivity index (χ1v) is 5.67. The molecule has 1 atom stereocenters. The Kier molecular flexibility index (Phi) is 3.94. The molecule has 16 heavy (non-hydrogen) atoms. The normalized spacial score (nSPS) is 13.6. The Morgan fingerprint density at radius 2 is 1.94 bits per heavy atom. The predicted molar refractivity (Wildman–Crippen MR) is 67.2 cm³/mol. The van der Waals surface area contributed by atoms with Gasteiger partial charge in [0.15, 0.2) is 5.75 Å². The maximum atomic E-state index is 5.99. The third-order valence-electron chi connectivity index (χ3n) is 2.85. The van der Waals surface area contributed by atoms with Gasteiger partial charge in [0.2, 0.25) is 0 Å². The third-order valence-corrected chi connectivity index (χ3v) is 2.85. The molecule has 0 aliphatic heterocycles. The Bertz CT molecular complexity index is 355. The molecule has 0 amide bonds. The van der Waals surface area contributed by atoms with E-state index in [2.05, 4.69) is 26.8 Å². The first kappa shape index (κ1) is 13.0. The lowest BCUT2D eigenvalue weighted by atomic mass is 9.85. The fourth-order valence-electron chi connectivity index (χ4n) is 1.63. The van der Waals surface area contributed by atoms with E-state index < -0.39 is 0 Å². The standard InChI is InChI=1S/C13H22N2O/c1-5-11(14)10-7-6-9(13(2,3)4)8-12(10)16-15/h6-8,11H,5,14-15H2,1-4H3. The van der Waals surface area contributed by atoms with E-state index in [-0.39, 0.29) is 11.5 Å². The zero-order valence-corrected chi connectivity index (χ0v) is 10.6. The Morgan fingerprint density at radius 3 is 2.38 bits per heavy atom. The summed E-state index contributed by atoms with van der Waals surface area (Å²) in [5.41, 5.74) is 8.24. The van der Waals surface area contributed by atoms with Crippen molar-refractivity contribution in [2.24, 2.45) is 11.6 Å². The lowest BCUT2D eigenvalue weighted by molar-refractivity contribution is 0.327. The van der Waals surface area contributed by atoms with Crippen molar-refractivity contribution in [2.45, 2.75) is 45.6 Å². The minimum atomic E-state index is -0.0208. The zero-order valence-electron chi connectivity index (χ0n) is 10.6. The van der Waals surface area contributed by atoms with Gasteiger partial charge in [0, 0.05) is 11.6 Å². The van der Waals surface area contributed by atoms with Crippen LogP contribution in [0.25, 0.3) is 0 Å². The second kappa shape index (κ2) is 4.85. The van der Waals surface area contributed by atoms with Crippen LogP contribution < -0.4 is 16.5 Å². The molecule has 0 bridgehead atoms. The fourth-order valence-corrected chi connectivity index (χ4v) is 1.63. The lowest BCUT2D eigenvalue weighted by Gasteiger charge is -2.22. The number of hydrogen-bond acceptors (Lipinski definition) is 3. The summed E-state index contributed by atoms with van der Waals surface area (Å²) in [6.07, 6.45) is 0.866. The summed E-state index contributed by atoms with van der Waals surface area (Å²) in [6, 6.07) is 6.06. The summed E-state index contributed by atoms with van der Waals surface area (Å²) in [5, 5.41) is 0. The van der Waals surface area contributed by atoms with E-state index in [1.165, 1.54) is 5.56 Å². The van der Waals surface area contributed by atoms with Crippen LogP contribution in [0.2, 0.25) is 0 Å². The molecule has 1 aromatic carbocycles. The summed E-state index contributed by atoms with van der Waals surface area (Å²) >= 11 is 0. The molecule has 1 unspecified atom stereocenters. The van der Waals surface area contributed by atoms with Gasteiger partial charge in [-0.3, -0.25) is 0 Å². The molecule has 0 fully saturated rings. The summed E-state index contributed by atoms with van der Waals surface area (Å²) in [7, 11) is 0. The first-order chi connectivity index (χ1) is 7.40. The smallest absolute Gasteiger partial charge is 0.151 e. The Labute approximate surface area is 97.7 Å². The van der Waals surface area contributed by atoms with Gasteiger partial charge < -0.3 is 10.6 Å². The van der Waals surface area contributed by atoms with Gasteiger partial charge in [-0.05, 0) is 23.5 Å². The molecule has 0 heterocycles. The maximum absolute atomic E-state index is 5.99. The van der Waals surface area contributed by atoms with Crippen molar-refractivity contribution in [3.05, 3.63) is 29.3 Å². The van der Waals surface area contributed by atoms with Crippen LogP contribution in [0.3, 0.4) is 0 Å². The molecule has 3 nitrogen and oxygen atoms in total. The van der Waals surface area contributed by atoms with Crippen molar-refractivity contribution in [3.63, 3.8) is 0 Å². The van der Waals surface area contributed by atoms with Crippen LogP contribution in [0.5, 0.6) is 5.75 Å². The van der Waals surface area contributed by atoms with Crippen LogP contribution in [0, 0.1) is 0 Å². The molecular formula is C13H22N2O. The molecule has 0 aliphatic rings. The van der Waals surface area contributed by atoms with Crippen LogP contribution in [0.1, 0.15) is 51.3 Å². The van der Waals surface area contributed by atoms with Crippen molar-refractivity contribution in [1.82, 2.24) is 0 Å². The summed E-state index contributed by atoms with van der Waals surface area (Å²) in [4.78, 5) is 4.92. The lowest BCUT2D eigenvalue weighted by Crippen LogP contribution is -2.16. The summed E-state index contributed by atoms with van der Waals surface area (Å²) in [6.45, 7) is 8.51. The van der Waals surface area contributed by atoms with Gasteiger partial charge in [0.25, 0.3) is 0 Å². The fraction of sp³-hybridized carbons (Fsp3) is 0.538. The minimum Gasteiger partial charge on any atom is -0.411 e. The van der Waals surface area contributed by atoms with Crippen LogP contribution >= 0.6 is 0 Å². The number of hydrogen-bond donors (Lipinski definition) is 2. The highest BCUT2D eigenvalue weighted by molar-refractivity contribution is 5.41. The van der Waals surface area contributed by atoms with Gasteiger partial charge >= 0.3 is 0 Å². The number of nitrogens with two attached hydrogens (primary N) is 2. The third kappa shape index (κ3) is 2.74. The van der Waals surface area contributed by atoms with Crippen molar-refractivity contribution in [2.75, 3.05) is 0 Å². The van der Waals surface area contributed by atoms with Crippen LogP contribution in [0.15, 0.2) is 18.2 Å². The van der Waals surface area contributed by atoms with Crippen molar-refractivity contribution >= 4 is 0 Å². The molecule has 90 valence electrons. The molecule has 4 N–H and O–H groups in total. The monoisotopic (exact) mass is 222 g/mol. The molecule has 0 radical (unpaired) electrons. The molecule has 0 aromatic heterocycles. The highest BCUT2D eigenvalue weighted by Crippen LogP contribution is 2.31. The topological polar surface area (TPSA) is 61.3 Å². The molecular weight excluding hydrogens is 200 g/mol. The van der Waals surface area contributed by atoms with E-state index in [0.29, 0.717) is 5.75 Å². The molecule has 0 spiro atoms. The van der Waals surface area contributed by atoms with Gasteiger partial charge in [-0.2, -0.15) is 5.90 Å². The number of benzene rings is 1. The highest BCUT2D eigenvalue weighted by atomic mass is 16.6. The molecule has 0 saturated heterocycles. The number of rotatable bonds is 3. The second-order valence-corrected chi connectivity index (χ2v) is 5.14. The van der Waals surface area contributed by atoms with E-state index in [0.717, 1.165) is 12.0 Å². The molecule has 3 heteroatoms. The van der Waals surface area contributed by atoms with E-state index >= 15 is 0 Å². The summed E-state index contributed by atoms with van der Waals surface area (Å²) in [5.74, 6) is 5.98. The van der Waals surface area contributed by atoms with E-state index in [1.807, 2.05) is 19.1 Å². The maximum Gasteiger partial charge on any atom is 0.151 e. The molecule has 1 rings (SSSR count). The molecule has 1 aromatic rings. The molecule has 0 aliphatic carbocycles. The van der Waals surface area contributed by atoms with Crippen molar-refractivity contribution in [1.29, 1.82) is 0 Å². The Morgan fingerprint density at radius 1 is 1.31 bits per heavy atom. The minimum absolute atomic E-state index is 0.0208. The summed E-state index contributed by atoms with van der Waals surface area (Å²) < 4.78 is 0. The predicted octanol–water partition coefficient (Wildman–Crippen LogP) is 2.65. The SMILES string of the molecule is CCC(N)c1ccc(C(C)(C)C)cc1ON. The Balaban J connectivity index is 3.17. The average molecular weight is 222 g/mol. The highest BCUT2D eigenvalue weighted by Gasteiger charge is 2.17.